The molecule has 0 bridgehead atoms. The molecular weight excluding hydrogens is 465 g/mol. The molecule has 2 rings (SSSR count). The number of nitrogens with one attached hydrogen (secondary N) is 1. The largest absolute Gasteiger partial charge is 0.504 e. The number of Topliss-reactive ketones (excluding diaryl/α,β-unsaturated/α-hetero) is 2. The number of amides is 1. The Morgan fingerprint density at radius 3 is 2.29 bits per heavy atom. The van der Waals surface area contributed by atoms with Gasteiger partial charge in [-0.25, -0.2) is 9.59 Å². The molecule has 186 valence electrons. The van der Waals surface area contributed by atoms with E-state index in [1.165, 1.54) is 17.9 Å². The van der Waals surface area contributed by atoms with Crippen LogP contribution in [0.2, 0.25) is 0 Å². The van der Waals surface area contributed by atoms with E-state index in [1.807, 2.05) is 0 Å². The third kappa shape index (κ3) is 7.01. The first-order valence-corrected chi connectivity index (χ1v) is 10.1. The first-order chi connectivity index (χ1) is 15.8. The quantitative estimate of drug-likeness (QED) is 0.313. The second-order valence-corrected chi connectivity index (χ2v) is 7.55. The number of carbonyl (C=O) groups is 5. The molecule has 0 aromatic heterocycles. The van der Waals surface area contributed by atoms with Crippen molar-refractivity contribution in [1.82, 2.24) is 10.2 Å². The monoisotopic (exact) mass is 488 g/mol. The Balaban J connectivity index is 2.21. The average molecular weight is 488 g/mol. The molecule has 2 N–H and O–H groups in total. The van der Waals surface area contributed by atoms with Gasteiger partial charge in [0.2, 0.25) is 5.91 Å². The zero-order valence-corrected chi connectivity index (χ0v) is 18.3. The van der Waals surface area contributed by atoms with E-state index in [9.17, 15) is 42.3 Å². The summed E-state index contributed by atoms with van der Waals surface area (Å²) in [6.45, 7) is 3.19. The summed E-state index contributed by atoms with van der Waals surface area (Å²) in [6.07, 6.45) is -6.50. The molecular formula is C21H23F3N2O8. The summed E-state index contributed by atoms with van der Waals surface area (Å²) < 4.78 is 45.7. The van der Waals surface area contributed by atoms with E-state index >= 15 is 0 Å². The molecule has 1 saturated heterocycles. The maximum absolute atomic E-state index is 12.8. The number of alkyl halides is 3. The van der Waals surface area contributed by atoms with Crippen molar-refractivity contribution < 1.29 is 51.7 Å². The molecule has 1 aliphatic heterocycles. The van der Waals surface area contributed by atoms with Gasteiger partial charge >= 0.3 is 18.1 Å². The number of phenols is 1. The molecule has 1 amide bonds. The zero-order valence-electron chi connectivity index (χ0n) is 18.3. The summed E-state index contributed by atoms with van der Waals surface area (Å²) in [5, 5.41) is 13.1. The van der Waals surface area contributed by atoms with Crippen LogP contribution in [0.15, 0.2) is 18.2 Å². The fourth-order valence-corrected chi connectivity index (χ4v) is 3.27. The highest BCUT2D eigenvalue weighted by molar-refractivity contribution is 6.05. The van der Waals surface area contributed by atoms with Crippen molar-refractivity contribution in [3.8, 4) is 11.5 Å². The maximum Gasteiger partial charge on any atom is 0.491 e. The van der Waals surface area contributed by atoms with E-state index in [1.54, 1.807) is 0 Å². The SMILES string of the molecule is CC(=O)C(Oc1cc(C(=O)CN(C(C)=O)C2CCNCC2)ccc1O)C(=O)OC(=O)C(F)(F)F. The van der Waals surface area contributed by atoms with Crippen LogP contribution in [0.4, 0.5) is 13.2 Å². The van der Waals surface area contributed by atoms with Gasteiger partial charge in [-0.05, 0) is 51.1 Å². The number of esters is 2. The number of aromatic hydroxyl groups is 1. The number of hydrogen-bond donors (Lipinski definition) is 2. The van der Waals surface area contributed by atoms with E-state index in [2.05, 4.69) is 10.1 Å². The lowest BCUT2D eigenvalue weighted by Crippen LogP contribution is -2.47. The van der Waals surface area contributed by atoms with Crippen LogP contribution in [0.3, 0.4) is 0 Å². The Bertz CT molecular complexity index is 973. The summed E-state index contributed by atoms with van der Waals surface area (Å²) in [4.78, 5) is 60.8. The van der Waals surface area contributed by atoms with Crippen molar-refractivity contribution in [1.29, 1.82) is 0 Å². The van der Waals surface area contributed by atoms with Gasteiger partial charge in [-0.1, -0.05) is 0 Å². The number of carbonyl (C=O) groups excluding carboxylic acids is 5. The number of nitrogens with zero attached hydrogens (tertiary/aromatic N) is 1. The molecule has 1 aromatic carbocycles. The van der Waals surface area contributed by atoms with E-state index in [0.717, 1.165) is 19.1 Å². The van der Waals surface area contributed by atoms with E-state index in [4.69, 9.17) is 4.74 Å². The van der Waals surface area contributed by atoms with Crippen LogP contribution >= 0.6 is 0 Å². The Labute approximate surface area is 192 Å². The molecule has 1 atom stereocenters. The second kappa shape index (κ2) is 11.1. The van der Waals surface area contributed by atoms with Gasteiger partial charge in [0.25, 0.3) is 6.10 Å². The highest BCUT2D eigenvalue weighted by Gasteiger charge is 2.44. The maximum atomic E-state index is 12.8. The highest BCUT2D eigenvalue weighted by Crippen LogP contribution is 2.29. The lowest BCUT2D eigenvalue weighted by atomic mass is 10.0. The molecule has 34 heavy (non-hydrogen) atoms. The molecule has 0 aliphatic carbocycles. The summed E-state index contributed by atoms with van der Waals surface area (Å²) in [6, 6.07) is 3.03. The fourth-order valence-electron chi connectivity index (χ4n) is 3.27. The summed E-state index contributed by atoms with van der Waals surface area (Å²) >= 11 is 0. The third-order valence-electron chi connectivity index (χ3n) is 5.00. The second-order valence-electron chi connectivity index (χ2n) is 7.55. The van der Waals surface area contributed by atoms with Gasteiger partial charge in [-0.2, -0.15) is 13.2 Å². The summed E-state index contributed by atoms with van der Waals surface area (Å²) in [7, 11) is 0. The molecule has 0 spiro atoms. The summed E-state index contributed by atoms with van der Waals surface area (Å²) in [5.74, 6) is -8.00. The lowest BCUT2D eigenvalue weighted by Gasteiger charge is -2.33. The third-order valence-corrected chi connectivity index (χ3v) is 5.00. The van der Waals surface area contributed by atoms with Gasteiger partial charge in [-0.15, -0.1) is 0 Å². The number of piperidine rings is 1. The van der Waals surface area contributed by atoms with Gasteiger partial charge in [0.15, 0.2) is 23.1 Å². The molecule has 1 aliphatic rings. The number of hydrogen-bond acceptors (Lipinski definition) is 9. The molecule has 1 fully saturated rings. The molecule has 10 nitrogen and oxygen atoms in total. The van der Waals surface area contributed by atoms with Gasteiger partial charge < -0.3 is 24.8 Å². The zero-order chi connectivity index (χ0) is 25.6. The van der Waals surface area contributed by atoms with Gasteiger partial charge in [-0.3, -0.25) is 14.4 Å². The van der Waals surface area contributed by atoms with Crippen molar-refractivity contribution >= 4 is 29.4 Å². The lowest BCUT2D eigenvalue weighted by molar-refractivity contribution is -0.203. The minimum atomic E-state index is -5.48. The van der Waals surface area contributed by atoms with Crippen molar-refractivity contribution in [2.75, 3.05) is 19.6 Å². The van der Waals surface area contributed by atoms with Crippen LogP contribution in [-0.2, 0) is 23.9 Å². The predicted octanol–water partition coefficient (Wildman–Crippen LogP) is 1.14. The van der Waals surface area contributed by atoms with Gasteiger partial charge in [0.1, 0.15) is 0 Å². The van der Waals surface area contributed by atoms with Crippen molar-refractivity contribution in [2.24, 2.45) is 0 Å². The molecule has 0 radical (unpaired) electrons. The van der Waals surface area contributed by atoms with Crippen molar-refractivity contribution in [3.05, 3.63) is 23.8 Å². The smallest absolute Gasteiger partial charge is 0.491 e. The number of benzene rings is 1. The number of rotatable bonds is 8. The van der Waals surface area contributed by atoms with Crippen LogP contribution < -0.4 is 10.1 Å². The molecule has 1 heterocycles. The Morgan fingerprint density at radius 2 is 1.76 bits per heavy atom. The molecule has 1 aromatic rings. The minimum Gasteiger partial charge on any atom is -0.504 e. The summed E-state index contributed by atoms with van der Waals surface area (Å²) in [5.41, 5.74) is -0.0602. The Hall–Kier alpha value is -3.48. The Morgan fingerprint density at radius 1 is 1.15 bits per heavy atom. The topological polar surface area (TPSA) is 139 Å². The number of phenolic OH excluding ortho intramolecular Hbond substituents is 1. The van der Waals surface area contributed by atoms with Crippen LogP contribution in [0.1, 0.15) is 37.0 Å². The fraction of sp³-hybridized carbons (Fsp3) is 0.476. The number of ether oxygens (including phenoxy) is 2. The van der Waals surface area contributed by atoms with Crippen molar-refractivity contribution in [3.63, 3.8) is 0 Å². The minimum absolute atomic E-state index is 0.0602. The Kier molecular flexibility index (Phi) is 8.74. The van der Waals surface area contributed by atoms with E-state index in [0.29, 0.717) is 25.9 Å². The van der Waals surface area contributed by atoms with Crippen molar-refractivity contribution in [2.45, 2.75) is 45.0 Å². The van der Waals surface area contributed by atoms with Crippen LogP contribution in [0.5, 0.6) is 11.5 Å². The van der Waals surface area contributed by atoms with Gasteiger partial charge in [0.05, 0.1) is 6.54 Å². The highest BCUT2D eigenvalue weighted by atomic mass is 19.4. The van der Waals surface area contributed by atoms with Gasteiger partial charge in [0, 0.05) is 18.5 Å². The predicted molar refractivity (Wildman–Crippen MR) is 108 cm³/mol. The first kappa shape index (κ1) is 26.8. The number of halogens is 3. The number of ketones is 2. The standard InChI is InChI=1S/C21H23F3N2O8/c1-11(27)18(19(31)34-20(32)21(22,23)24)33-17-9-13(3-4-15(17)29)16(30)10-26(12(2)28)14-5-7-25-8-6-14/h3-4,9,14,18,25,29H,5-8,10H2,1-2H3. The molecule has 0 saturated carbocycles. The van der Waals surface area contributed by atoms with Crippen LogP contribution in [0.25, 0.3) is 0 Å². The average Bonchev–Trinajstić information content (AvgIpc) is 2.75. The molecule has 13 heteroatoms. The molecule has 1 unspecified atom stereocenters. The first-order valence-electron chi connectivity index (χ1n) is 10.1. The normalized spacial score (nSPS) is 15.2. The van der Waals surface area contributed by atoms with E-state index in [-0.39, 0.29) is 24.1 Å². The van der Waals surface area contributed by atoms with E-state index < -0.39 is 47.3 Å². The van der Waals surface area contributed by atoms with Crippen LogP contribution in [-0.4, -0.2) is 77.4 Å². The van der Waals surface area contributed by atoms with Crippen LogP contribution in [0, 0.1) is 0 Å².